The molecule has 2 unspecified atom stereocenters. The highest BCUT2D eigenvalue weighted by Crippen LogP contribution is 2.22. The topological polar surface area (TPSA) is 66.0 Å². The van der Waals surface area contributed by atoms with Gasteiger partial charge in [-0.3, -0.25) is 0 Å². The van der Waals surface area contributed by atoms with E-state index in [0.717, 1.165) is 36.4 Å². The summed E-state index contributed by atoms with van der Waals surface area (Å²) in [6.07, 6.45) is 1.08. The minimum atomic E-state index is 0.185. The van der Waals surface area contributed by atoms with E-state index in [1.54, 1.807) is 11.8 Å². The van der Waals surface area contributed by atoms with Crippen LogP contribution in [0.2, 0.25) is 0 Å². The standard InChI is InChI=1S/C10H18N4OS/c1-7-12-13-10(14(7)2)16-6-9(11)8-3-4-15-5-8/h8-9H,3-6,11H2,1-2H3. The third-order valence-electron chi connectivity index (χ3n) is 3.03. The second kappa shape index (κ2) is 5.16. The van der Waals surface area contributed by atoms with Gasteiger partial charge in [-0.25, -0.2) is 0 Å². The normalized spacial score (nSPS) is 22.6. The summed E-state index contributed by atoms with van der Waals surface area (Å²) in [4.78, 5) is 0. The number of hydrogen-bond acceptors (Lipinski definition) is 5. The smallest absolute Gasteiger partial charge is 0.190 e. The van der Waals surface area contributed by atoms with E-state index >= 15 is 0 Å². The Balaban J connectivity index is 1.84. The molecule has 2 atom stereocenters. The lowest BCUT2D eigenvalue weighted by Crippen LogP contribution is -2.32. The fourth-order valence-electron chi connectivity index (χ4n) is 1.71. The van der Waals surface area contributed by atoms with E-state index in [1.165, 1.54) is 0 Å². The van der Waals surface area contributed by atoms with Crippen LogP contribution in [0.15, 0.2) is 5.16 Å². The Kier molecular flexibility index (Phi) is 3.83. The fraction of sp³-hybridized carbons (Fsp3) is 0.800. The summed E-state index contributed by atoms with van der Waals surface area (Å²) in [6.45, 7) is 3.60. The molecule has 2 heterocycles. The molecule has 1 fully saturated rings. The van der Waals surface area contributed by atoms with Gasteiger partial charge in [0.1, 0.15) is 5.82 Å². The fourth-order valence-corrected chi connectivity index (χ4v) is 2.75. The largest absolute Gasteiger partial charge is 0.381 e. The first kappa shape index (κ1) is 11.9. The number of ether oxygens (including phenoxy) is 1. The maximum atomic E-state index is 6.13. The van der Waals surface area contributed by atoms with Crippen LogP contribution in [0.25, 0.3) is 0 Å². The molecule has 1 aliphatic rings. The van der Waals surface area contributed by atoms with E-state index in [-0.39, 0.29) is 6.04 Å². The van der Waals surface area contributed by atoms with Crippen molar-refractivity contribution in [3.63, 3.8) is 0 Å². The van der Waals surface area contributed by atoms with Gasteiger partial charge >= 0.3 is 0 Å². The van der Waals surface area contributed by atoms with Crippen LogP contribution in [0.5, 0.6) is 0 Å². The number of nitrogens with zero attached hydrogens (tertiary/aromatic N) is 3. The summed E-state index contributed by atoms with van der Waals surface area (Å²) in [7, 11) is 1.97. The molecule has 5 nitrogen and oxygen atoms in total. The van der Waals surface area contributed by atoms with E-state index in [0.29, 0.717) is 5.92 Å². The molecule has 1 aromatic rings. The number of aromatic nitrogens is 3. The van der Waals surface area contributed by atoms with Crippen molar-refractivity contribution in [2.24, 2.45) is 18.7 Å². The molecule has 0 aliphatic carbocycles. The average molecular weight is 242 g/mol. The molecule has 2 N–H and O–H groups in total. The molecule has 0 spiro atoms. The number of thioether (sulfide) groups is 1. The minimum absolute atomic E-state index is 0.185. The number of nitrogens with two attached hydrogens (primary N) is 1. The van der Waals surface area contributed by atoms with Crippen LogP contribution < -0.4 is 5.73 Å². The quantitative estimate of drug-likeness (QED) is 0.782. The van der Waals surface area contributed by atoms with Gasteiger partial charge in [0, 0.05) is 31.4 Å². The van der Waals surface area contributed by atoms with Crippen LogP contribution in [0.4, 0.5) is 0 Å². The van der Waals surface area contributed by atoms with Gasteiger partial charge in [-0.2, -0.15) is 0 Å². The van der Waals surface area contributed by atoms with Crippen LogP contribution in [-0.4, -0.2) is 39.8 Å². The molecular formula is C10H18N4OS. The van der Waals surface area contributed by atoms with Gasteiger partial charge in [-0.15, -0.1) is 10.2 Å². The maximum absolute atomic E-state index is 6.13. The molecule has 0 saturated carbocycles. The summed E-state index contributed by atoms with van der Waals surface area (Å²) in [5.41, 5.74) is 6.13. The summed E-state index contributed by atoms with van der Waals surface area (Å²) in [5, 5.41) is 9.06. The molecule has 0 radical (unpaired) electrons. The molecule has 90 valence electrons. The molecule has 0 aromatic carbocycles. The summed E-state index contributed by atoms with van der Waals surface area (Å²) < 4.78 is 7.32. The van der Waals surface area contributed by atoms with E-state index in [4.69, 9.17) is 10.5 Å². The first-order valence-electron chi connectivity index (χ1n) is 5.50. The lowest BCUT2D eigenvalue weighted by molar-refractivity contribution is 0.182. The van der Waals surface area contributed by atoms with Crippen molar-refractivity contribution in [2.75, 3.05) is 19.0 Å². The third kappa shape index (κ3) is 2.56. The summed E-state index contributed by atoms with van der Waals surface area (Å²) in [5.74, 6) is 2.31. The monoisotopic (exact) mass is 242 g/mol. The van der Waals surface area contributed by atoms with Crippen LogP contribution in [0, 0.1) is 12.8 Å². The Morgan fingerprint density at radius 3 is 3.00 bits per heavy atom. The zero-order valence-electron chi connectivity index (χ0n) is 9.72. The molecule has 1 saturated heterocycles. The highest BCUT2D eigenvalue weighted by Gasteiger charge is 2.23. The van der Waals surface area contributed by atoms with Crippen molar-refractivity contribution in [1.29, 1.82) is 0 Å². The number of rotatable bonds is 4. The molecule has 2 rings (SSSR count). The van der Waals surface area contributed by atoms with Gasteiger partial charge in [0.25, 0.3) is 0 Å². The van der Waals surface area contributed by atoms with Crippen molar-refractivity contribution >= 4 is 11.8 Å². The molecular weight excluding hydrogens is 224 g/mol. The van der Waals surface area contributed by atoms with Gasteiger partial charge in [-0.1, -0.05) is 11.8 Å². The van der Waals surface area contributed by atoms with E-state index < -0.39 is 0 Å². The van der Waals surface area contributed by atoms with Gasteiger partial charge in [0.15, 0.2) is 5.16 Å². The number of hydrogen-bond donors (Lipinski definition) is 1. The minimum Gasteiger partial charge on any atom is -0.381 e. The predicted molar refractivity (Wildman–Crippen MR) is 63.4 cm³/mol. The summed E-state index contributed by atoms with van der Waals surface area (Å²) >= 11 is 1.67. The van der Waals surface area contributed by atoms with Crippen LogP contribution >= 0.6 is 11.8 Å². The lowest BCUT2D eigenvalue weighted by Gasteiger charge is -2.16. The second-order valence-electron chi connectivity index (χ2n) is 4.19. The molecule has 0 amide bonds. The third-order valence-corrected chi connectivity index (χ3v) is 4.19. The summed E-state index contributed by atoms with van der Waals surface area (Å²) in [6, 6.07) is 0.185. The maximum Gasteiger partial charge on any atom is 0.190 e. The Hall–Kier alpha value is -0.590. The van der Waals surface area contributed by atoms with Gasteiger partial charge < -0.3 is 15.0 Å². The van der Waals surface area contributed by atoms with Crippen molar-refractivity contribution < 1.29 is 4.74 Å². The van der Waals surface area contributed by atoms with Crippen molar-refractivity contribution in [3.05, 3.63) is 5.82 Å². The Morgan fingerprint density at radius 1 is 1.62 bits per heavy atom. The Bertz CT molecular complexity index is 349. The molecule has 0 bridgehead atoms. The van der Waals surface area contributed by atoms with E-state index in [1.807, 2.05) is 18.5 Å². The van der Waals surface area contributed by atoms with E-state index in [9.17, 15) is 0 Å². The van der Waals surface area contributed by atoms with Gasteiger partial charge in [0.05, 0.1) is 6.61 Å². The molecule has 6 heteroatoms. The molecule has 1 aliphatic heterocycles. The van der Waals surface area contributed by atoms with Crippen LogP contribution in [0.3, 0.4) is 0 Å². The second-order valence-corrected chi connectivity index (χ2v) is 5.17. The highest BCUT2D eigenvalue weighted by molar-refractivity contribution is 7.99. The molecule has 16 heavy (non-hydrogen) atoms. The first-order valence-corrected chi connectivity index (χ1v) is 6.49. The van der Waals surface area contributed by atoms with Gasteiger partial charge in [-0.05, 0) is 13.3 Å². The number of aryl methyl sites for hydroxylation is 1. The van der Waals surface area contributed by atoms with Crippen molar-refractivity contribution in [2.45, 2.75) is 24.5 Å². The van der Waals surface area contributed by atoms with Crippen molar-refractivity contribution in [3.8, 4) is 0 Å². The first-order chi connectivity index (χ1) is 7.68. The predicted octanol–water partition coefficient (Wildman–Crippen LogP) is 0.579. The van der Waals surface area contributed by atoms with Crippen molar-refractivity contribution in [1.82, 2.24) is 14.8 Å². The average Bonchev–Trinajstić information content (AvgIpc) is 2.89. The zero-order valence-corrected chi connectivity index (χ0v) is 10.5. The Morgan fingerprint density at radius 2 is 2.44 bits per heavy atom. The van der Waals surface area contributed by atoms with Crippen LogP contribution in [-0.2, 0) is 11.8 Å². The van der Waals surface area contributed by atoms with Gasteiger partial charge in [0.2, 0.25) is 0 Å². The zero-order chi connectivity index (χ0) is 11.5. The Labute approximate surface area is 99.7 Å². The lowest BCUT2D eigenvalue weighted by atomic mass is 10.0. The highest BCUT2D eigenvalue weighted by atomic mass is 32.2. The SMILES string of the molecule is Cc1nnc(SCC(N)C2CCOC2)n1C. The molecule has 1 aromatic heterocycles. The van der Waals surface area contributed by atoms with Crippen LogP contribution in [0.1, 0.15) is 12.2 Å². The van der Waals surface area contributed by atoms with E-state index in [2.05, 4.69) is 10.2 Å².